The summed E-state index contributed by atoms with van der Waals surface area (Å²) in [6.45, 7) is 9.03. The number of hydrogen-bond donors (Lipinski definition) is 1. The second kappa shape index (κ2) is 4.42. The Morgan fingerprint density at radius 1 is 1.06 bits per heavy atom. The molecule has 17 heavy (non-hydrogen) atoms. The van der Waals surface area contributed by atoms with Crippen molar-refractivity contribution < 1.29 is 8.42 Å². The van der Waals surface area contributed by atoms with Gasteiger partial charge < -0.3 is 5.32 Å². The molecule has 0 unspecified atom stereocenters. The molecule has 0 aliphatic rings. The highest BCUT2D eigenvalue weighted by Crippen LogP contribution is 2.29. The molecule has 1 N–H and O–H groups in total. The zero-order chi connectivity index (χ0) is 13.4. The molecule has 0 bridgehead atoms. The average Bonchev–Trinajstić information content (AvgIpc) is 2.15. The Morgan fingerprint density at radius 3 is 1.82 bits per heavy atom. The SMILES string of the molecule is CNC(C)(C)S(=O)(=O)c1c(C)cc(C)cc1C. The van der Waals surface area contributed by atoms with Crippen LogP contribution in [0.25, 0.3) is 0 Å². The van der Waals surface area contributed by atoms with Crippen LogP contribution >= 0.6 is 0 Å². The summed E-state index contributed by atoms with van der Waals surface area (Å²) in [6.07, 6.45) is 0. The van der Waals surface area contributed by atoms with Crippen LogP contribution in [-0.4, -0.2) is 20.3 Å². The number of aryl methyl sites for hydroxylation is 3. The van der Waals surface area contributed by atoms with Gasteiger partial charge in [0.15, 0.2) is 9.84 Å². The molecule has 1 aromatic rings. The van der Waals surface area contributed by atoms with Gasteiger partial charge in [0.25, 0.3) is 0 Å². The highest BCUT2D eigenvalue weighted by Gasteiger charge is 2.36. The summed E-state index contributed by atoms with van der Waals surface area (Å²) in [4.78, 5) is -0.514. The van der Waals surface area contributed by atoms with E-state index in [2.05, 4.69) is 5.32 Å². The third kappa shape index (κ3) is 2.38. The van der Waals surface area contributed by atoms with Crippen molar-refractivity contribution in [3.8, 4) is 0 Å². The summed E-state index contributed by atoms with van der Waals surface area (Å²) in [7, 11) is -1.71. The molecule has 0 atom stereocenters. The van der Waals surface area contributed by atoms with Gasteiger partial charge in [-0.3, -0.25) is 0 Å². The van der Waals surface area contributed by atoms with E-state index in [0.29, 0.717) is 4.90 Å². The van der Waals surface area contributed by atoms with Gasteiger partial charge in [-0.25, -0.2) is 8.42 Å². The second-order valence-electron chi connectivity index (χ2n) is 4.99. The van der Waals surface area contributed by atoms with Crippen LogP contribution in [0.3, 0.4) is 0 Å². The fraction of sp³-hybridized carbons (Fsp3) is 0.538. The molecule has 1 aromatic carbocycles. The monoisotopic (exact) mass is 255 g/mol. The largest absolute Gasteiger partial charge is 0.302 e. The van der Waals surface area contributed by atoms with Gasteiger partial charge in [-0.1, -0.05) is 17.7 Å². The summed E-state index contributed by atoms with van der Waals surface area (Å²) in [5.41, 5.74) is 2.71. The van der Waals surface area contributed by atoms with Gasteiger partial charge in [0.2, 0.25) is 0 Å². The molecule has 0 heterocycles. The lowest BCUT2D eigenvalue weighted by Crippen LogP contribution is -2.44. The van der Waals surface area contributed by atoms with Crippen molar-refractivity contribution in [3.63, 3.8) is 0 Å². The zero-order valence-electron chi connectivity index (χ0n) is 11.4. The third-order valence-electron chi connectivity index (χ3n) is 3.15. The van der Waals surface area contributed by atoms with Gasteiger partial charge in [0, 0.05) is 0 Å². The van der Waals surface area contributed by atoms with Crippen LogP contribution in [-0.2, 0) is 9.84 Å². The lowest BCUT2D eigenvalue weighted by molar-refractivity contribution is 0.509. The molecule has 0 spiro atoms. The molecule has 0 aromatic heterocycles. The fourth-order valence-corrected chi connectivity index (χ4v) is 3.72. The maximum atomic E-state index is 12.6. The number of hydrogen-bond acceptors (Lipinski definition) is 3. The maximum absolute atomic E-state index is 12.6. The van der Waals surface area contributed by atoms with Gasteiger partial charge in [-0.05, 0) is 52.8 Å². The molecule has 96 valence electrons. The first-order valence-electron chi connectivity index (χ1n) is 5.65. The Kier molecular flexibility index (Phi) is 3.69. The van der Waals surface area contributed by atoms with E-state index in [1.54, 1.807) is 20.9 Å². The van der Waals surface area contributed by atoms with Crippen molar-refractivity contribution in [1.29, 1.82) is 0 Å². The van der Waals surface area contributed by atoms with Crippen LogP contribution in [0.1, 0.15) is 30.5 Å². The van der Waals surface area contributed by atoms with Crippen molar-refractivity contribution in [3.05, 3.63) is 28.8 Å². The molecule has 3 nitrogen and oxygen atoms in total. The van der Waals surface area contributed by atoms with Crippen molar-refractivity contribution in [2.24, 2.45) is 0 Å². The van der Waals surface area contributed by atoms with Gasteiger partial charge in [0.1, 0.15) is 4.87 Å². The Hall–Kier alpha value is -0.870. The highest BCUT2D eigenvalue weighted by molar-refractivity contribution is 7.92. The van der Waals surface area contributed by atoms with E-state index in [0.717, 1.165) is 16.7 Å². The molecular formula is C13H21NO2S. The number of nitrogens with one attached hydrogen (secondary N) is 1. The van der Waals surface area contributed by atoms with Crippen molar-refractivity contribution >= 4 is 9.84 Å². The molecule has 0 aliphatic carbocycles. The molecule has 0 radical (unpaired) electrons. The zero-order valence-corrected chi connectivity index (χ0v) is 12.2. The molecule has 1 rings (SSSR count). The normalized spacial score (nSPS) is 12.8. The Balaban J connectivity index is 3.56. The Labute approximate surface area is 104 Å². The topological polar surface area (TPSA) is 46.2 Å². The Morgan fingerprint density at radius 2 is 1.47 bits per heavy atom. The summed E-state index contributed by atoms with van der Waals surface area (Å²) in [5, 5.41) is 2.86. The molecule has 0 fully saturated rings. The van der Waals surface area contributed by atoms with E-state index in [1.165, 1.54) is 0 Å². The summed E-state index contributed by atoms with van der Waals surface area (Å²) in [6, 6.07) is 3.82. The Bertz CT molecular complexity index is 507. The highest BCUT2D eigenvalue weighted by atomic mass is 32.2. The van der Waals surface area contributed by atoms with Crippen molar-refractivity contribution in [2.45, 2.75) is 44.4 Å². The first kappa shape index (κ1) is 14.2. The lowest BCUT2D eigenvalue weighted by Gasteiger charge is -2.26. The second-order valence-corrected chi connectivity index (χ2v) is 7.43. The lowest BCUT2D eigenvalue weighted by atomic mass is 10.1. The number of rotatable bonds is 3. The van der Waals surface area contributed by atoms with E-state index in [-0.39, 0.29) is 0 Å². The quantitative estimate of drug-likeness (QED) is 0.901. The fourth-order valence-electron chi connectivity index (χ4n) is 1.98. The summed E-state index contributed by atoms with van der Waals surface area (Å²) < 4.78 is 25.2. The molecular weight excluding hydrogens is 234 g/mol. The smallest absolute Gasteiger partial charge is 0.197 e. The molecule has 0 aliphatic heterocycles. The predicted molar refractivity (Wildman–Crippen MR) is 71.0 cm³/mol. The summed E-state index contributed by atoms with van der Waals surface area (Å²) in [5.74, 6) is 0. The van der Waals surface area contributed by atoms with Crippen LogP contribution in [0, 0.1) is 20.8 Å². The van der Waals surface area contributed by atoms with Crippen LogP contribution in [0.4, 0.5) is 0 Å². The van der Waals surface area contributed by atoms with Gasteiger partial charge in [0.05, 0.1) is 4.90 Å². The van der Waals surface area contributed by atoms with Gasteiger partial charge >= 0.3 is 0 Å². The minimum atomic E-state index is -3.38. The van der Waals surface area contributed by atoms with Crippen LogP contribution in [0.5, 0.6) is 0 Å². The minimum Gasteiger partial charge on any atom is -0.302 e. The van der Waals surface area contributed by atoms with Crippen molar-refractivity contribution in [1.82, 2.24) is 5.32 Å². The van der Waals surface area contributed by atoms with Crippen LogP contribution in [0.2, 0.25) is 0 Å². The first-order valence-corrected chi connectivity index (χ1v) is 7.13. The van der Waals surface area contributed by atoms with Gasteiger partial charge in [-0.2, -0.15) is 0 Å². The maximum Gasteiger partial charge on any atom is 0.197 e. The van der Waals surface area contributed by atoms with Gasteiger partial charge in [-0.15, -0.1) is 0 Å². The molecule has 0 saturated heterocycles. The number of sulfone groups is 1. The minimum absolute atomic E-state index is 0.447. The molecule has 0 saturated carbocycles. The van der Waals surface area contributed by atoms with Crippen molar-refractivity contribution in [2.75, 3.05) is 7.05 Å². The van der Waals surface area contributed by atoms with Crippen LogP contribution < -0.4 is 5.32 Å². The molecule has 0 amide bonds. The van der Waals surface area contributed by atoms with Crippen LogP contribution in [0.15, 0.2) is 17.0 Å². The molecule has 4 heteroatoms. The average molecular weight is 255 g/mol. The predicted octanol–water partition coefficient (Wildman–Crippen LogP) is 2.34. The summed E-state index contributed by atoms with van der Waals surface area (Å²) >= 11 is 0. The standard InChI is InChI=1S/C13H21NO2S/c1-9-7-10(2)12(11(3)8-9)17(15,16)13(4,5)14-6/h7-8,14H,1-6H3. The van der Waals surface area contributed by atoms with E-state index < -0.39 is 14.7 Å². The van der Waals surface area contributed by atoms with E-state index in [4.69, 9.17) is 0 Å². The van der Waals surface area contributed by atoms with E-state index in [1.807, 2.05) is 32.9 Å². The number of benzene rings is 1. The van der Waals surface area contributed by atoms with E-state index >= 15 is 0 Å². The van der Waals surface area contributed by atoms with E-state index in [9.17, 15) is 8.42 Å². The third-order valence-corrected chi connectivity index (χ3v) is 5.88. The first-order chi connectivity index (χ1) is 7.63.